The number of hydrogen-bond acceptors (Lipinski definition) is 1. The van der Waals surface area contributed by atoms with Crippen molar-refractivity contribution in [2.75, 3.05) is 6.61 Å². The molecule has 0 bridgehead atoms. The van der Waals surface area contributed by atoms with Crippen LogP contribution >= 0.6 is 11.6 Å². The van der Waals surface area contributed by atoms with Crippen LogP contribution in [0.2, 0.25) is 0 Å². The highest BCUT2D eigenvalue weighted by Gasteiger charge is 2.15. The molecule has 14 heavy (non-hydrogen) atoms. The summed E-state index contributed by atoms with van der Waals surface area (Å²) in [6.45, 7) is 3.63. The topological polar surface area (TPSA) is 9.23 Å². The quantitative estimate of drug-likeness (QED) is 0.707. The van der Waals surface area contributed by atoms with Crippen LogP contribution < -0.4 is 4.74 Å². The molecular weight excluding hydrogens is 210 g/mol. The molecule has 1 aromatic carbocycles. The van der Waals surface area contributed by atoms with E-state index in [0.717, 1.165) is 12.1 Å². The Hall–Kier alpha value is -0.830. The van der Waals surface area contributed by atoms with Gasteiger partial charge in [-0.05, 0) is 13.8 Å². The molecule has 0 heterocycles. The molecule has 0 N–H and O–H groups in total. The zero-order valence-corrected chi connectivity index (χ0v) is 8.74. The smallest absolute Gasteiger partial charge is 0.134 e. The summed E-state index contributed by atoms with van der Waals surface area (Å²) in [5.41, 5.74) is -0.116. The Balaban J connectivity index is 3.11. The maximum atomic E-state index is 13.3. The molecule has 1 atom stereocenters. The number of halogens is 3. The lowest BCUT2D eigenvalue weighted by atomic mass is 10.1. The summed E-state index contributed by atoms with van der Waals surface area (Å²) < 4.78 is 31.5. The normalized spacial score (nSPS) is 12.6. The SMILES string of the molecule is CCOc1cc(F)c(C(C)Cl)c(F)c1. The molecule has 4 heteroatoms. The lowest BCUT2D eigenvalue weighted by molar-refractivity contribution is 0.335. The minimum atomic E-state index is -0.689. The fourth-order valence-electron chi connectivity index (χ4n) is 1.19. The van der Waals surface area contributed by atoms with Crippen LogP contribution in [0.4, 0.5) is 8.78 Å². The van der Waals surface area contributed by atoms with E-state index in [0.29, 0.717) is 6.61 Å². The lowest BCUT2D eigenvalue weighted by Gasteiger charge is -2.09. The molecule has 0 saturated heterocycles. The highest BCUT2D eigenvalue weighted by Crippen LogP contribution is 2.28. The van der Waals surface area contributed by atoms with Crippen LogP contribution in [0.25, 0.3) is 0 Å². The van der Waals surface area contributed by atoms with Crippen LogP contribution in [0.3, 0.4) is 0 Å². The fraction of sp³-hybridized carbons (Fsp3) is 0.400. The summed E-state index contributed by atoms with van der Waals surface area (Å²) in [6.07, 6.45) is 0. The van der Waals surface area contributed by atoms with Crippen molar-refractivity contribution in [3.63, 3.8) is 0 Å². The second-order valence-corrected chi connectivity index (χ2v) is 3.50. The van der Waals surface area contributed by atoms with Gasteiger partial charge in [0.2, 0.25) is 0 Å². The van der Waals surface area contributed by atoms with Crippen LogP contribution in [0.15, 0.2) is 12.1 Å². The van der Waals surface area contributed by atoms with Crippen molar-refractivity contribution >= 4 is 11.6 Å². The molecule has 0 aliphatic heterocycles. The minimum absolute atomic E-state index is 0.116. The standard InChI is InChI=1S/C10H11ClF2O/c1-3-14-7-4-8(12)10(6(2)11)9(13)5-7/h4-6H,3H2,1-2H3. The Morgan fingerprint density at radius 1 is 1.36 bits per heavy atom. The molecule has 0 amide bonds. The fourth-order valence-corrected chi connectivity index (χ4v) is 1.40. The molecule has 0 saturated carbocycles. The highest BCUT2D eigenvalue weighted by atomic mass is 35.5. The highest BCUT2D eigenvalue weighted by molar-refractivity contribution is 6.20. The van der Waals surface area contributed by atoms with Crippen molar-refractivity contribution in [1.29, 1.82) is 0 Å². The minimum Gasteiger partial charge on any atom is -0.494 e. The Bertz CT molecular complexity index is 303. The van der Waals surface area contributed by atoms with Gasteiger partial charge < -0.3 is 4.74 Å². The summed E-state index contributed by atoms with van der Waals surface area (Å²) in [5.74, 6) is -1.16. The maximum absolute atomic E-state index is 13.3. The Labute approximate surface area is 86.6 Å². The van der Waals surface area contributed by atoms with Gasteiger partial charge in [0.05, 0.1) is 12.0 Å². The van der Waals surface area contributed by atoms with Crippen molar-refractivity contribution in [3.05, 3.63) is 29.3 Å². The molecule has 0 radical (unpaired) electrons. The van der Waals surface area contributed by atoms with Crippen LogP contribution in [0.1, 0.15) is 24.8 Å². The van der Waals surface area contributed by atoms with E-state index in [1.807, 2.05) is 0 Å². The van der Waals surface area contributed by atoms with Gasteiger partial charge in [0.25, 0.3) is 0 Å². The molecule has 1 aromatic rings. The van der Waals surface area contributed by atoms with E-state index in [1.165, 1.54) is 6.92 Å². The summed E-state index contributed by atoms with van der Waals surface area (Å²) >= 11 is 5.62. The van der Waals surface area contributed by atoms with Gasteiger partial charge in [-0.1, -0.05) is 0 Å². The number of rotatable bonds is 3. The van der Waals surface area contributed by atoms with Gasteiger partial charge in [0.1, 0.15) is 17.4 Å². The van der Waals surface area contributed by atoms with Crippen LogP contribution in [0, 0.1) is 11.6 Å². The second-order valence-electron chi connectivity index (χ2n) is 2.85. The maximum Gasteiger partial charge on any atom is 0.134 e. The Morgan fingerprint density at radius 2 is 1.86 bits per heavy atom. The van der Waals surface area contributed by atoms with Gasteiger partial charge in [-0.2, -0.15) is 0 Å². The largest absolute Gasteiger partial charge is 0.494 e. The van der Waals surface area contributed by atoms with Crippen LogP contribution in [-0.2, 0) is 0 Å². The first-order valence-corrected chi connectivity index (χ1v) is 4.75. The van der Waals surface area contributed by atoms with Crippen LogP contribution in [-0.4, -0.2) is 6.61 Å². The first-order valence-electron chi connectivity index (χ1n) is 4.32. The first-order chi connectivity index (χ1) is 6.56. The predicted molar refractivity (Wildman–Crippen MR) is 51.8 cm³/mol. The van der Waals surface area contributed by atoms with Crippen molar-refractivity contribution < 1.29 is 13.5 Å². The zero-order valence-electron chi connectivity index (χ0n) is 7.98. The van der Waals surface area contributed by atoms with Gasteiger partial charge in [0.15, 0.2) is 0 Å². The molecule has 0 aromatic heterocycles. The second kappa shape index (κ2) is 4.60. The third-order valence-electron chi connectivity index (χ3n) is 1.76. The molecule has 1 unspecified atom stereocenters. The molecule has 0 fully saturated rings. The van der Waals surface area contributed by atoms with Gasteiger partial charge in [-0.15, -0.1) is 11.6 Å². The van der Waals surface area contributed by atoms with E-state index < -0.39 is 17.0 Å². The van der Waals surface area contributed by atoms with Gasteiger partial charge in [0, 0.05) is 17.7 Å². The van der Waals surface area contributed by atoms with Crippen LogP contribution in [0.5, 0.6) is 5.75 Å². The number of ether oxygens (including phenoxy) is 1. The van der Waals surface area contributed by atoms with Gasteiger partial charge in [-0.3, -0.25) is 0 Å². The van der Waals surface area contributed by atoms with Gasteiger partial charge in [-0.25, -0.2) is 8.78 Å². The summed E-state index contributed by atoms with van der Waals surface area (Å²) in [7, 11) is 0. The van der Waals surface area contributed by atoms with Crippen molar-refractivity contribution in [2.24, 2.45) is 0 Å². The Morgan fingerprint density at radius 3 is 2.21 bits per heavy atom. The van der Waals surface area contributed by atoms with E-state index in [1.54, 1.807) is 6.92 Å². The first kappa shape index (κ1) is 11.2. The average Bonchev–Trinajstić information content (AvgIpc) is 2.01. The van der Waals surface area contributed by atoms with Crippen molar-refractivity contribution in [2.45, 2.75) is 19.2 Å². The van der Waals surface area contributed by atoms with Gasteiger partial charge >= 0.3 is 0 Å². The molecule has 0 aliphatic rings. The monoisotopic (exact) mass is 220 g/mol. The predicted octanol–water partition coefficient (Wildman–Crippen LogP) is 3.66. The summed E-state index contributed by atoms with van der Waals surface area (Å²) in [6, 6.07) is 2.28. The summed E-state index contributed by atoms with van der Waals surface area (Å²) in [5, 5.41) is -0.689. The zero-order chi connectivity index (χ0) is 10.7. The lowest BCUT2D eigenvalue weighted by Crippen LogP contribution is -1.99. The third-order valence-corrected chi connectivity index (χ3v) is 1.98. The van der Waals surface area contributed by atoms with E-state index >= 15 is 0 Å². The third kappa shape index (κ3) is 2.35. The van der Waals surface area contributed by atoms with E-state index in [9.17, 15) is 8.78 Å². The number of alkyl halides is 1. The molecule has 1 rings (SSSR count). The number of hydrogen-bond donors (Lipinski definition) is 0. The van der Waals surface area contributed by atoms with E-state index in [4.69, 9.17) is 16.3 Å². The average molecular weight is 221 g/mol. The van der Waals surface area contributed by atoms with Crippen molar-refractivity contribution in [1.82, 2.24) is 0 Å². The molecule has 78 valence electrons. The molecular formula is C10H11ClF2O. The number of benzene rings is 1. The summed E-state index contributed by atoms with van der Waals surface area (Å²) in [4.78, 5) is 0. The Kier molecular flexibility index (Phi) is 3.69. The van der Waals surface area contributed by atoms with E-state index in [2.05, 4.69) is 0 Å². The van der Waals surface area contributed by atoms with Crippen molar-refractivity contribution in [3.8, 4) is 5.75 Å². The van der Waals surface area contributed by atoms with E-state index in [-0.39, 0.29) is 11.3 Å². The molecule has 0 aliphatic carbocycles. The molecule has 1 nitrogen and oxygen atoms in total. The molecule has 0 spiro atoms.